The van der Waals surface area contributed by atoms with Crippen LogP contribution in [-0.4, -0.2) is 22.8 Å². The number of carbonyl (C=O) groups is 2. The van der Waals surface area contributed by atoms with Crippen LogP contribution in [0.2, 0.25) is 0 Å². The van der Waals surface area contributed by atoms with Crippen molar-refractivity contribution in [3.63, 3.8) is 0 Å². The van der Waals surface area contributed by atoms with Gasteiger partial charge in [-0.25, -0.2) is 4.98 Å². The van der Waals surface area contributed by atoms with Gasteiger partial charge in [0.05, 0.1) is 4.88 Å². The van der Waals surface area contributed by atoms with Gasteiger partial charge in [0, 0.05) is 29.2 Å². The Morgan fingerprint density at radius 1 is 1.14 bits per heavy atom. The van der Waals surface area contributed by atoms with Crippen LogP contribution in [0.3, 0.4) is 0 Å². The second-order valence-corrected chi connectivity index (χ2v) is 8.48. The van der Waals surface area contributed by atoms with E-state index in [0.29, 0.717) is 17.0 Å². The monoisotopic (exact) mass is 409 g/mol. The van der Waals surface area contributed by atoms with Gasteiger partial charge in [-0.3, -0.25) is 9.59 Å². The van der Waals surface area contributed by atoms with Crippen molar-refractivity contribution in [1.82, 2.24) is 15.6 Å². The van der Waals surface area contributed by atoms with E-state index in [9.17, 15) is 9.59 Å². The van der Waals surface area contributed by atoms with Crippen LogP contribution in [0.5, 0.6) is 0 Å². The lowest BCUT2D eigenvalue weighted by atomic mass is 10.1. The summed E-state index contributed by atoms with van der Waals surface area (Å²) < 4.78 is 0. The predicted molar refractivity (Wildman–Crippen MR) is 119 cm³/mol. The van der Waals surface area contributed by atoms with E-state index in [2.05, 4.69) is 15.6 Å². The first-order valence-corrected chi connectivity index (χ1v) is 10.7. The van der Waals surface area contributed by atoms with E-state index >= 15 is 0 Å². The number of pyridine rings is 1. The maximum Gasteiger partial charge on any atom is 0.261 e. The molecule has 0 saturated heterocycles. The van der Waals surface area contributed by atoms with E-state index in [1.807, 2.05) is 58.9 Å². The zero-order valence-corrected chi connectivity index (χ0v) is 18.4. The Morgan fingerprint density at radius 2 is 1.90 bits per heavy atom. The maximum absolute atomic E-state index is 12.8. The topological polar surface area (TPSA) is 71.1 Å². The summed E-state index contributed by atoms with van der Waals surface area (Å²) in [6.07, 6.45) is 0.879. The molecule has 0 aliphatic rings. The Labute approximate surface area is 175 Å². The largest absolute Gasteiger partial charge is 0.350 e. The molecule has 6 heteroatoms. The zero-order valence-electron chi connectivity index (χ0n) is 17.6. The summed E-state index contributed by atoms with van der Waals surface area (Å²) in [6.45, 7) is 10.4. The minimum Gasteiger partial charge on any atom is -0.350 e. The van der Waals surface area contributed by atoms with Crippen LogP contribution in [0.15, 0.2) is 30.3 Å². The van der Waals surface area contributed by atoms with Crippen LogP contribution >= 0.6 is 11.3 Å². The molecular formula is C23H27N3O2S. The molecule has 1 atom stereocenters. The molecule has 5 nitrogen and oxygen atoms in total. The van der Waals surface area contributed by atoms with Gasteiger partial charge < -0.3 is 10.6 Å². The quantitative estimate of drug-likeness (QED) is 0.621. The second kappa shape index (κ2) is 8.74. The van der Waals surface area contributed by atoms with Crippen LogP contribution in [0.1, 0.15) is 62.7 Å². The fourth-order valence-electron chi connectivity index (χ4n) is 3.33. The average Bonchev–Trinajstić information content (AvgIpc) is 3.02. The fourth-order valence-corrected chi connectivity index (χ4v) is 4.55. The third-order valence-electron chi connectivity index (χ3n) is 5.06. The third kappa shape index (κ3) is 4.65. The van der Waals surface area contributed by atoms with E-state index in [-0.39, 0.29) is 17.9 Å². The highest BCUT2D eigenvalue weighted by Crippen LogP contribution is 2.32. The summed E-state index contributed by atoms with van der Waals surface area (Å²) in [4.78, 5) is 31.3. The number of benzene rings is 1. The van der Waals surface area contributed by atoms with Gasteiger partial charge in [-0.15, -0.1) is 11.3 Å². The number of rotatable bonds is 6. The number of aromatic nitrogens is 1. The van der Waals surface area contributed by atoms with E-state index in [0.717, 1.165) is 39.0 Å². The minimum atomic E-state index is -0.114. The Kier molecular flexibility index (Phi) is 6.33. The van der Waals surface area contributed by atoms with E-state index < -0.39 is 0 Å². The molecule has 2 aromatic heterocycles. The highest BCUT2D eigenvalue weighted by atomic mass is 32.1. The van der Waals surface area contributed by atoms with Gasteiger partial charge in [0.15, 0.2) is 0 Å². The van der Waals surface area contributed by atoms with Crippen LogP contribution in [0.25, 0.3) is 10.2 Å². The van der Waals surface area contributed by atoms with Crippen molar-refractivity contribution < 1.29 is 9.59 Å². The number of carbonyl (C=O) groups excluding carboxylic acids is 2. The smallest absolute Gasteiger partial charge is 0.261 e. The first kappa shape index (κ1) is 21.0. The summed E-state index contributed by atoms with van der Waals surface area (Å²) in [5.41, 5.74) is 4.55. The van der Waals surface area contributed by atoms with Gasteiger partial charge in [-0.1, -0.05) is 19.1 Å². The summed E-state index contributed by atoms with van der Waals surface area (Å²) in [5, 5.41) is 7.01. The van der Waals surface area contributed by atoms with Crippen LogP contribution in [0.4, 0.5) is 0 Å². The molecule has 3 aromatic rings. The number of amides is 2. The average molecular weight is 410 g/mol. The number of aryl methyl sites for hydroxylation is 3. The minimum absolute atomic E-state index is 0.0928. The summed E-state index contributed by atoms with van der Waals surface area (Å²) in [5.74, 6) is -0.207. The van der Waals surface area contributed by atoms with Gasteiger partial charge in [0.2, 0.25) is 0 Å². The van der Waals surface area contributed by atoms with E-state index in [1.165, 1.54) is 11.3 Å². The summed E-state index contributed by atoms with van der Waals surface area (Å²) >= 11 is 1.43. The third-order valence-corrected chi connectivity index (χ3v) is 6.25. The highest BCUT2D eigenvalue weighted by molar-refractivity contribution is 7.20. The van der Waals surface area contributed by atoms with E-state index in [4.69, 9.17) is 0 Å². The molecule has 1 unspecified atom stereocenters. The van der Waals surface area contributed by atoms with Crippen molar-refractivity contribution >= 4 is 33.4 Å². The van der Waals surface area contributed by atoms with Gasteiger partial charge in [0.25, 0.3) is 11.8 Å². The molecule has 2 N–H and O–H groups in total. The molecule has 1 aromatic carbocycles. The van der Waals surface area contributed by atoms with E-state index in [1.54, 1.807) is 6.07 Å². The zero-order chi connectivity index (χ0) is 21.1. The van der Waals surface area contributed by atoms with Gasteiger partial charge in [-0.2, -0.15) is 0 Å². The maximum atomic E-state index is 12.8. The Morgan fingerprint density at radius 3 is 2.62 bits per heavy atom. The van der Waals surface area contributed by atoms with Crippen molar-refractivity contribution in [1.29, 1.82) is 0 Å². The molecular weight excluding hydrogens is 382 g/mol. The molecule has 0 spiro atoms. The lowest BCUT2D eigenvalue weighted by molar-refractivity contribution is 0.0937. The van der Waals surface area contributed by atoms with Crippen LogP contribution < -0.4 is 10.6 Å². The van der Waals surface area contributed by atoms with Crippen molar-refractivity contribution in [2.45, 2.75) is 53.6 Å². The first-order valence-electron chi connectivity index (χ1n) is 9.85. The van der Waals surface area contributed by atoms with Crippen molar-refractivity contribution in [3.8, 4) is 0 Å². The lowest BCUT2D eigenvalue weighted by Gasteiger charge is -2.12. The van der Waals surface area contributed by atoms with Gasteiger partial charge >= 0.3 is 0 Å². The van der Waals surface area contributed by atoms with Crippen molar-refractivity contribution in [2.75, 3.05) is 0 Å². The number of hydrogen-bond donors (Lipinski definition) is 2. The van der Waals surface area contributed by atoms with Crippen molar-refractivity contribution in [2.24, 2.45) is 0 Å². The standard InChI is InChI=1S/C23H27N3O2S/c1-6-14(3)25-21(27)18-9-7-8-17(11-18)12-24-22(28)20-16(5)19-13(2)10-15(4)26-23(19)29-20/h7-11,14H,6,12H2,1-5H3,(H,24,28)(H,25,27). The second-order valence-electron chi connectivity index (χ2n) is 7.48. The van der Waals surface area contributed by atoms with Gasteiger partial charge in [-0.05, 0) is 69.0 Å². The number of nitrogens with zero attached hydrogens (tertiary/aromatic N) is 1. The molecule has 0 fully saturated rings. The molecule has 3 rings (SSSR count). The normalized spacial score (nSPS) is 12.0. The number of hydrogen-bond acceptors (Lipinski definition) is 4. The molecule has 0 radical (unpaired) electrons. The number of fused-ring (bicyclic) bond motifs is 1. The molecule has 29 heavy (non-hydrogen) atoms. The Hall–Kier alpha value is -2.73. The van der Waals surface area contributed by atoms with Gasteiger partial charge in [0.1, 0.15) is 4.83 Å². The lowest BCUT2D eigenvalue weighted by Crippen LogP contribution is -2.32. The molecule has 2 heterocycles. The highest BCUT2D eigenvalue weighted by Gasteiger charge is 2.18. The Balaban J connectivity index is 1.74. The van der Waals surface area contributed by atoms with Crippen LogP contribution in [-0.2, 0) is 6.54 Å². The SMILES string of the molecule is CCC(C)NC(=O)c1cccc(CNC(=O)c2sc3nc(C)cc(C)c3c2C)c1. The summed E-state index contributed by atoms with van der Waals surface area (Å²) in [6, 6.07) is 9.53. The molecule has 152 valence electrons. The molecule has 0 aliphatic carbocycles. The number of nitrogens with one attached hydrogen (secondary N) is 2. The summed E-state index contributed by atoms with van der Waals surface area (Å²) in [7, 11) is 0. The predicted octanol–water partition coefficient (Wildman–Crippen LogP) is 4.68. The fraction of sp³-hybridized carbons (Fsp3) is 0.348. The van der Waals surface area contributed by atoms with Crippen molar-refractivity contribution in [3.05, 3.63) is 63.2 Å². The van der Waals surface area contributed by atoms with Crippen LogP contribution in [0, 0.1) is 20.8 Å². The number of thiophene rings is 1. The first-order chi connectivity index (χ1) is 13.8. The Bertz CT molecular complexity index is 1070. The molecule has 0 saturated carbocycles. The molecule has 0 aliphatic heterocycles. The molecule has 2 amide bonds. The molecule has 0 bridgehead atoms.